The third-order valence-electron chi connectivity index (χ3n) is 3.60. The van der Waals surface area contributed by atoms with E-state index in [9.17, 15) is 4.39 Å². The van der Waals surface area contributed by atoms with Crippen LogP contribution >= 0.6 is 11.8 Å². The quantitative estimate of drug-likeness (QED) is 0.847. The summed E-state index contributed by atoms with van der Waals surface area (Å²) in [5.74, 6) is 0.819. The number of piperazine rings is 1. The summed E-state index contributed by atoms with van der Waals surface area (Å²) in [5, 5.41) is 4.22. The molecule has 6 heteroatoms. The lowest BCUT2D eigenvalue weighted by atomic mass is 10.2. The number of imidazole rings is 1. The van der Waals surface area contributed by atoms with Gasteiger partial charge in [0.2, 0.25) is 0 Å². The van der Waals surface area contributed by atoms with E-state index in [0.717, 1.165) is 54.7 Å². The first-order chi connectivity index (χ1) is 9.72. The molecule has 0 atom stereocenters. The number of nitrogens with zero attached hydrogens (tertiary/aromatic N) is 2. The number of benzene rings is 1. The predicted octanol–water partition coefficient (Wildman–Crippen LogP) is 2.01. The van der Waals surface area contributed by atoms with Gasteiger partial charge in [0.15, 0.2) is 5.16 Å². The number of aromatic amines is 1. The van der Waals surface area contributed by atoms with Gasteiger partial charge >= 0.3 is 0 Å². The molecule has 1 aromatic carbocycles. The second-order valence-corrected chi connectivity index (χ2v) is 6.18. The van der Waals surface area contributed by atoms with E-state index >= 15 is 0 Å². The van der Waals surface area contributed by atoms with E-state index in [4.69, 9.17) is 0 Å². The number of rotatable bonds is 4. The predicted molar refractivity (Wildman–Crippen MR) is 80.8 cm³/mol. The second-order valence-electron chi connectivity index (χ2n) is 5.10. The number of halogens is 1. The Morgan fingerprint density at radius 3 is 2.95 bits per heavy atom. The first-order valence-electron chi connectivity index (χ1n) is 6.94. The molecule has 0 aliphatic carbocycles. The van der Waals surface area contributed by atoms with Crippen molar-refractivity contribution in [2.24, 2.45) is 0 Å². The SMILES string of the molecule is Cc1cc2nc(SCCN3CCNCC3)[nH]c2cc1F. The van der Waals surface area contributed by atoms with Crippen molar-refractivity contribution in [1.82, 2.24) is 20.2 Å². The van der Waals surface area contributed by atoms with E-state index in [1.807, 2.05) is 0 Å². The molecule has 4 nitrogen and oxygen atoms in total. The van der Waals surface area contributed by atoms with Crippen LogP contribution in [0.3, 0.4) is 0 Å². The number of thioether (sulfide) groups is 1. The molecule has 2 N–H and O–H groups in total. The summed E-state index contributed by atoms with van der Waals surface area (Å²) >= 11 is 1.70. The van der Waals surface area contributed by atoms with Crippen LogP contribution in [0.25, 0.3) is 11.0 Å². The van der Waals surface area contributed by atoms with Crippen molar-refractivity contribution in [3.8, 4) is 0 Å². The van der Waals surface area contributed by atoms with Crippen molar-refractivity contribution in [3.63, 3.8) is 0 Å². The summed E-state index contributed by atoms with van der Waals surface area (Å²) < 4.78 is 13.5. The fourth-order valence-electron chi connectivity index (χ4n) is 2.39. The molecule has 1 aromatic heterocycles. The van der Waals surface area contributed by atoms with Crippen LogP contribution in [0.1, 0.15) is 5.56 Å². The van der Waals surface area contributed by atoms with Crippen LogP contribution in [0.2, 0.25) is 0 Å². The molecule has 20 heavy (non-hydrogen) atoms. The molecule has 2 heterocycles. The van der Waals surface area contributed by atoms with Gasteiger partial charge < -0.3 is 10.3 Å². The first kappa shape index (κ1) is 13.9. The average Bonchev–Trinajstić information content (AvgIpc) is 2.82. The van der Waals surface area contributed by atoms with E-state index < -0.39 is 0 Å². The van der Waals surface area contributed by atoms with Crippen molar-refractivity contribution >= 4 is 22.8 Å². The van der Waals surface area contributed by atoms with E-state index in [2.05, 4.69) is 20.2 Å². The zero-order chi connectivity index (χ0) is 13.9. The Morgan fingerprint density at radius 2 is 2.15 bits per heavy atom. The van der Waals surface area contributed by atoms with Crippen molar-refractivity contribution < 1.29 is 4.39 Å². The van der Waals surface area contributed by atoms with Crippen LogP contribution in [0.4, 0.5) is 4.39 Å². The molecule has 1 aliphatic heterocycles. The average molecular weight is 294 g/mol. The van der Waals surface area contributed by atoms with Crippen LogP contribution in [0, 0.1) is 12.7 Å². The molecule has 1 fully saturated rings. The van der Waals surface area contributed by atoms with Crippen LogP contribution < -0.4 is 5.32 Å². The summed E-state index contributed by atoms with van der Waals surface area (Å²) in [7, 11) is 0. The minimum absolute atomic E-state index is 0.182. The zero-order valence-corrected chi connectivity index (χ0v) is 12.4. The standard InChI is InChI=1S/C14H19FN4S/c1-10-8-12-13(9-11(10)15)18-14(17-12)20-7-6-19-4-2-16-3-5-19/h8-9,16H,2-7H2,1H3,(H,17,18). The minimum atomic E-state index is -0.182. The molecule has 1 aliphatic rings. The molecule has 0 unspecified atom stereocenters. The van der Waals surface area contributed by atoms with Gasteiger partial charge in [0.05, 0.1) is 11.0 Å². The molecule has 0 radical (unpaired) electrons. The Bertz CT molecular complexity index is 553. The van der Waals surface area contributed by atoms with Crippen molar-refractivity contribution in [2.75, 3.05) is 38.5 Å². The Balaban J connectivity index is 1.60. The number of aryl methyl sites for hydroxylation is 1. The van der Waals surface area contributed by atoms with Gasteiger partial charge in [-0.15, -0.1) is 0 Å². The highest BCUT2D eigenvalue weighted by Gasteiger charge is 2.10. The summed E-state index contributed by atoms with van der Waals surface area (Å²) in [6.45, 7) is 7.22. The van der Waals surface area contributed by atoms with Crippen LogP contribution in [0.15, 0.2) is 17.3 Å². The molecular weight excluding hydrogens is 275 g/mol. The third-order valence-corrected chi connectivity index (χ3v) is 4.45. The molecule has 0 bridgehead atoms. The summed E-state index contributed by atoms with van der Waals surface area (Å²) in [6.07, 6.45) is 0. The van der Waals surface area contributed by atoms with Gasteiger partial charge in [-0.2, -0.15) is 0 Å². The van der Waals surface area contributed by atoms with Gasteiger partial charge in [-0.05, 0) is 24.6 Å². The van der Waals surface area contributed by atoms with Gasteiger partial charge in [0, 0.05) is 38.5 Å². The molecule has 0 amide bonds. The second kappa shape index (κ2) is 6.11. The first-order valence-corrected chi connectivity index (χ1v) is 7.93. The van der Waals surface area contributed by atoms with E-state index in [0.29, 0.717) is 5.56 Å². The number of hydrogen-bond donors (Lipinski definition) is 2. The van der Waals surface area contributed by atoms with Gasteiger partial charge in [0.25, 0.3) is 0 Å². The van der Waals surface area contributed by atoms with E-state index in [1.165, 1.54) is 6.07 Å². The number of nitrogens with one attached hydrogen (secondary N) is 2. The van der Waals surface area contributed by atoms with Crippen molar-refractivity contribution in [1.29, 1.82) is 0 Å². The van der Waals surface area contributed by atoms with Crippen LogP contribution in [-0.2, 0) is 0 Å². The van der Waals surface area contributed by atoms with Gasteiger partial charge in [-0.3, -0.25) is 4.90 Å². The monoisotopic (exact) mass is 294 g/mol. The lowest BCUT2D eigenvalue weighted by Gasteiger charge is -2.26. The highest BCUT2D eigenvalue weighted by atomic mass is 32.2. The van der Waals surface area contributed by atoms with Crippen LogP contribution in [-0.4, -0.2) is 53.3 Å². The normalized spacial score (nSPS) is 16.9. The molecule has 3 rings (SSSR count). The molecule has 108 valence electrons. The van der Waals surface area contributed by atoms with Gasteiger partial charge in [-0.25, -0.2) is 9.37 Å². The smallest absolute Gasteiger partial charge is 0.166 e. The maximum Gasteiger partial charge on any atom is 0.166 e. The molecule has 2 aromatic rings. The number of H-pyrrole nitrogens is 1. The third kappa shape index (κ3) is 3.13. The Kier molecular flexibility index (Phi) is 4.24. The highest BCUT2D eigenvalue weighted by Crippen LogP contribution is 2.22. The topological polar surface area (TPSA) is 44.0 Å². The number of fused-ring (bicyclic) bond motifs is 1. The summed E-state index contributed by atoms with van der Waals surface area (Å²) in [4.78, 5) is 10.1. The van der Waals surface area contributed by atoms with Crippen molar-refractivity contribution in [3.05, 3.63) is 23.5 Å². The fourth-order valence-corrected chi connectivity index (χ4v) is 3.27. The molecule has 1 saturated heterocycles. The van der Waals surface area contributed by atoms with E-state index in [-0.39, 0.29) is 5.82 Å². The fraction of sp³-hybridized carbons (Fsp3) is 0.500. The summed E-state index contributed by atoms with van der Waals surface area (Å²) in [5.41, 5.74) is 2.26. The Labute approximate surface area is 122 Å². The highest BCUT2D eigenvalue weighted by molar-refractivity contribution is 7.99. The van der Waals surface area contributed by atoms with E-state index in [1.54, 1.807) is 24.8 Å². The van der Waals surface area contributed by atoms with Crippen molar-refractivity contribution in [2.45, 2.75) is 12.1 Å². The Hall–Kier alpha value is -1.11. The number of aromatic nitrogens is 2. The maximum absolute atomic E-state index is 13.5. The molecule has 0 saturated carbocycles. The lowest BCUT2D eigenvalue weighted by molar-refractivity contribution is 0.255. The maximum atomic E-state index is 13.5. The van der Waals surface area contributed by atoms with Crippen LogP contribution in [0.5, 0.6) is 0 Å². The molecule has 0 spiro atoms. The van der Waals surface area contributed by atoms with Gasteiger partial charge in [0.1, 0.15) is 5.82 Å². The van der Waals surface area contributed by atoms with Gasteiger partial charge in [-0.1, -0.05) is 11.8 Å². The minimum Gasteiger partial charge on any atom is -0.333 e. The zero-order valence-electron chi connectivity index (χ0n) is 11.6. The lowest BCUT2D eigenvalue weighted by Crippen LogP contribution is -2.44. The largest absolute Gasteiger partial charge is 0.333 e. The Morgan fingerprint density at radius 1 is 1.35 bits per heavy atom. The molecular formula is C14H19FN4S. The summed E-state index contributed by atoms with van der Waals surface area (Å²) in [6, 6.07) is 3.32. The number of hydrogen-bond acceptors (Lipinski definition) is 4.